The van der Waals surface area contributed by atoms with Gasteiger partial charge in [-0.1, -0.05) is 84.2 Å². The van der Waals surface area contributed by atoms with Gasteiger partial charge >= 0.3 is 0 Å². The maximum atomic E-state index is 4.37. The van der Waals surface area contributed by atoms with E-state index in [1.54, 1.807) is 0 Å². The number of aliphatic imine (C=N–C) groups is 1. The van der Waals surface area contributed by atoms with Gasteiger partial charge in [0.15, 0.2) is 0 Å². The second-order valence-corrected chi connectivity index (χ2v) is 6.88. The SMILES string of the molecule is C=C(C)C1=NCC=CC=C1C.C=C(CC)c1cccc(C(C)C)c1C.CC. The van der Waals surface area contributed by atoms with Gasteiger partial charge in [-0.2, -0.15) is 0 Å². The first kappa shape index (κ1) is 24.8. The zero-order chi connectivity index (χ0) is 21.0. The summed E-state index contributed by atoms with van der Waals surface area (Å²) in [5, 5.41) is 0. The summed E-state index contributed by atoms with van der Waals surface area (Å²) in [7, 11) is 0. The van der Waals surface area contributed by atoms with E-state index in [9.17, 15) is 0 Å². The van der Waals surface area contributed by atoms with Crippen molar-refractivity contribution < 1.29 is 0 Å². The zero-order valence-corrected chi connectivity index (χ0v) is 18.8. The van der Waals surface area contributed by atoms with Crippen LogP contribution in [0.4, 0.5) is 0 Å². The molecule has 0 bridgehead atoms. The van der Waals surface area contributed by atoms with Crippen LogP contribution in [0.3, 0.4) is 0 Å². The van der Waals surface area contributed by atoms with Crippen LogP contribution in [0.2, 0.25) is 0 Å². The van der Waals surface area contributed by atoms with Crippen LogP contribution in [0.15, 0.2) is 65.7 Å². The van der Waals surface area contributed by atoms with Crippen molar-refractivity contribution in [1.29, 1.82) is 0 Å². The van der Waals surface area contributed by atoms with Crippen molar-refractivity contribution in [2.75, 3.05) is 6.54 Å². The van der Waals surface area contributed by atoms with Crippen LogP contribution in [0.5, 0.6) is 0 Å². The smallest absolute Gasteiger partial charge is 0.0630 e. The highest BCUT2D eigenvalue weighted by Gasteiger charge is 2.08. The Morgan fingerprint density at radius 2 is 1.78 bits per heavy atom. The highest BCUT2D eigenvalue weighted by Crippen LogP contribution is 2.26. The van der Waals surface area contributed by atoms with E-state index in [1.807, 2.05) is 32.9 Å². The van der Waals surface area contributed by atoms with Gasteiger partial charge in [-0.3, -0.25) is 4.99 Å². The van der Waals surface area contributed by atoms with Crippen molar-refractivity contribution in [2.24, 2.45) is 4.99 Å². The van der Waals surface area contributed by atoms with Crippen molar-refractivity contribution in [2.45, 2.75) is 67.7 Å². The van der Waals surface area contributed by atoms with Gasteiger partial charge in [-0.25, -0.2) is 0 Å². The van der Waals surface area contributed by atoms with Gasteiger partial charge in [0.05, 0.1) is 12.3 Å². The summed E-state index contributed by atoms with van der Waals surface area (Å²) < 4.78 is 0. The summed E-state index contributed by atoms with van der Waals surface area (Å²) in [5.74, 6) is 0.597. The molecule has 2 rings (SSSR count). The lowest BCUT2D eigenvalue weighted by Crippen LogP contribution is -2.00. The Hall–Kier alpha value is -2.15. The topological polar surface area (TPSA) is 12.4 Å². The van der Waals surface area contributed by atoms with E-state index in [2.05, 4.69) is 77.0 Å². The fourth-order valence-corrected chi connectivity index (χ4v) is 2.94. The lowest BCUT2D eigenvalue weighted by Gasteiger charge is -2.14. The fourth-order valence-electron chi connectivity index (χ4n) is 2.94. The largest absolute Gasteiger partial charge is 0.281 e. The molecule has 0 saturated heterocycles. The third-order valence-corrected chi connectivity index (χ3v) is 4.42. The second-order valence-electron chi connectivity index (χ2n) is 6.88. The Bertz CT molecular complexity index is 712. The minimum Gasteiger partial charge on any atom is -0.281 e. The molecule has 1 nitrogen and oxygen atoms in total. The number of allylic oxidation sites excluding steroid dienone is 5. The van der Waals surface area contributed by atoms with Crippen molar-refractivity contribution in [1.82, 2.24) is 0 Å². The van der Waals surface area contributed by atoms with Crippen molar-refractivity contribution in [3.63, 3.8) is 0 Å². The van der Waals surface area contributed by atoms with Crippen LogP contribution in [0, 0.1) is 6.92 Å². The molecular weight excluding hydrogens is 326 g/mol. The number of hydrogen-bond donors (Lipinski definition) is 0. The Labute approximate surface area is 168 Å². The summed E-state index contributed by atoms with van der Waals surface area (Å²) in [5.41, 5.74) is 8.71. The molecular formula is C26H39N. The molecule has 1 aliphatic heterocycles. The van der Waals surface area contributed by atoms with Crippen molar-refractivity contribution in [3.05, 3.63) is 77.4 Å². The van der Waals surface area contributed by atoms with Gasteiger partial charge in [-0.05, 0) is 66.5 Å². The third kappa shape index (κ3) is 7.95. The monoisotopic (exact) mass is 365 g/mol. The van der Waals surface area contributed by atoms with Gasteiger partial charge in [0.2, 0.25) is 0 Å². The van der Waals surface area contributed by atoms with Crippen LogP contribution in [0.25, 0.3) is 5.57 Å². The highest BCUT2D eigenvalue weighted by molar-refractivity contribution is 6.11. The van der Waals surface area contributed by atoms with Gasteiger partial charge in [0, 0.05) is 0 Å². The van der Waals surface area contributed by atoms with E-state index in [4.69, 9.17) is 0 Å². The molecule has 1 aliphatic rings. The third-order valence-electron chi connectivity index (χ3n) is 4.42. The lowest BCUT2D eigenvalue weighted by molar-refractivity contribution is 0.855. The van der Waals surface area contributed by atoms with Crippen LogP contribution in [0.1, 0.15) is 77.5 Å². The molecule has 0 fully saturated rings. The normalized spacial score (nSPS) is 12.6. The van der Waals surface area contributed by atoms with Crippen molar-refractivity contribution in [3.8, 4) is 0 Å². The quantitative estimate of drug-likeness (QED) is 0.511. The number of hydrogen-bond acceptors (Lipinski definition) is 1. The minimum absolute atomic E-state index is 0.597. The first-order valence-corrected chi connectivity index (χ1v) is 10.1. The van der Waals surface area contributed by atoms with Crippen LogP contribution in [-0.4, -0.2) is 12.3 Å². The first-order valence-electron chi connectivity index (χ1n) is 10.1. The van der Waals surface area contributed by atoms with E-state index in [-0.39, 0.29) is 0 Å². The van der Waals surface area contributed by atoms with Gasteiger partial charge in [0.1, 0.15) is 0 Å². The number of rotatable bonds is 4. The van der Waals surface area contributed by atoms with Crippen LogP contribution >= 0.6 is 0 Å². The molecule has 0 atom stereocenters. The molecule has 0 aliphatic carbocycles. The predicted molar refractivity (Wildman–Crippen MR) is 126 cm³/mol. The molecule has 0 radical (unpaired) electrons. The highest BCUT2D eigenvalue weighted by atomic mass is 14.7. The summed E-state index contributed by atoms with van der Waals surface area (Å²) in [4.78, 5) is 4.37. The molecule has 0 spiro atoms. The Balaban J connectivity index is 0.000000469. The Kier molecular flexibility index (Phi) is 12.0. The molecule has 0 unspecified atom stereocenters. The van der Waals surface area contributed by atoms with E-state index < -0.39 is 0 Å². The molecule has 0 N–H and O–H groups in total. The molecule has 148 valence electrons. The van der Waals surface area contributed by atoms with Crippen molar-refractivity contribution >= 4 is 11.3 Å². The fraction of sp³-hybridized carbons (Fsp3) is 0.423. The summed E-state index contributed by atoms with van der Waals surface area (Å²) in [6.45, 7) is 25.6. The maximum absolute atomic E-state index is 4.37. The molecule has 27 heavy (non-hydrogen) atoms. The average molecular weight is 366 g/mol. The second kappa shape index (κ2) is 13.1. The first-order chi connectivity index (χ1) is 12.8. The predicted octanol–water partition coefficient (Wildman–Crippen LogP) is 8.09. The minimum atomic E-state index is 0.597. The Morgan fingerprint density at radius 1 is 1.15 bits per heavy atom. The summed E-state index contributed by atoms with van der Waals surface area (Å²) in [6, 6.07) is 6.53. The standard InChI is InChI=1S/C14H20.C10H13N.C2H6/c1-6-11(4)14-9-7-8-13(10(2)3)12(14)5;1-8(2)10-9(3)6-4-5-7-11-10;1-2/h7-10H,4,6H2,1-3,5H3;4-6H,1,7H2,2-3H3;1-2H3. The average Bonchev–Trinajstić information content (AvgIpc) is 2.87. The van der Waals surface area contributed by atoms with E-state index in [0.29, 0.717) is 5.92 Å². The Morgan fingerprint density at radius 3 is 2.30 bits per heavy atom. The molecule has 0 saturated carbocycles. The maximum Gasteiger partial charge on any atom is 0.0630 e. The lowest BCUT2D eigenvalue weighted by atomic mass is 9.91. The van der Waals surface area contributed by atoms with Gasteiger partial charge < -0.3 is 0 Å². The molecule has 1 aromatic rings. The molecule has 0 aromatic heterocycles. The summed E-state index contributed by atoms with van der Waals surface area (Å²) in [6.07, 6.45) is 7.18. The van der Waals surface area contributed by atoms with Gasteiger partial charge in [-0.15, -0.1) is 0 Å². The summed E-state index contributed by atoms with van der Waals surface area (Å²) >= 11 is 0. The van der Waals surface area contributed by atoms with Crippen LogP contribution in [-0.2, 0) is 0 Å². The zero-order valence-electron chi connectivity index (χ0n) is 18.8. The molecule has 1 heterocycles. The molecule has 1 heteroatoms. The molecule has 1 aromatic carbocycles. The van der Waals surface area contributed by atoms with Crippen LogP contribution < -0.4 is 0 Å². The number of benzene rings is 1. The van der Waals surface area contributed by atoms with E-state index >= 15 is 0 Å². The van der Waals surface area contributed by atoms with E-state index in [0.717, 1.165) is 24.3 Å². The van der Waals surface area contributed by atoms with Gasteiger partial charge in [0.25, 0.3) is 0 Å². The number of nitrogens with zero attached hydrogens (tertiary/aromatic N) is 1. The van der Waals surface area contributed by atoms with E-state index in [1.165, 1.54) is 27.8 Å². The molecule has 0 amide bonds.